The molecule has 6 nitrogen and oxygen atoms in total. The molecule has 3 heterocycles. The van der Waals surface area contributed by atoms with E-state index in [0.717, 1.165) is 12.3 Å². The van der Waals surface area contributed by atoms with Gasteiger partial charge in [-0.15, -0.1) is 0 Å². The van der Waals surface area contributed by atoms with E-state index < -0.39 is 11.7 Å². The van der Waals surface area contributed by atoms with Crippen LogP contribution in [0.3, 0.4) is 0 Å². The number of piperazine rings is 1. The van der Waals surface area contributed by atoms with E-state index in [4.69, 9.17) is 4.74 Å². The number of alkyl halides is 3. The number of ether oxygens (including phenoxy) is 1. The van der Waals surface area contributed by atoms with Crippen LogP contribution in [0.1, 0.15) is 15.9 Å². The zero-order valence-corrected chi connectivity index (χ0v) is 16.4. The molecule has 0 bridgehead atoms. The van der Waals surface area contributed by atoms with Crippen molar-refractivity contribution < 1.29 is 22.7 Å². The molecule has 0 N–H and O–H groups in total. The Bertz CT molecular complexity index is 1030. The lowest BCUT2D eigenvalue weighted by Gasteiger charge is -2.35. The third-order valence-electron chi connectivity index (χ3n) is 4.91. The number of carbonyl (C=O) groups excluding carboxylic acids is 1. The maximum Gasteiger partial charge on any atom is 0.417 e. The molecule has 0 unspecified atom stereocenters. The average Bonchev–Trinajstić information content (AvgIpc) is 2.79. The average molecular weight is 428 g/mol. The molecule has 4 rings (SSSR count). The molecular weight excluding hydrogens is 409 g/mol. The highest BCUT2D eigenvalue weighted by Crippen LogP contribution is 2.29. The van der Waals surface area contributed by atoms with Crippen molar-refractivity contribution in [2.24, 2.45) is 0 Å². The van der Waals surface area contributed by atoms with Crippen LogP contribution in [-0.4, -0.2) is 47.0 Å². The van der Waals surface area contributed by atoms with Gasteiger partial charge in [0, 0.05) is 50.2 Å². The van der Waals surface area contributed by atoms with E-state index in [9.17, 15) is 18.0 Å². The first-order valence-electron chi connectivity index (χ1n) is 9.66. The number of aromatic nitrogens is 2. The number of hydrogen-bond acceptors (Lipinski definition) is 5. The van der Waals surface area contributed by atoms with Crippen molar-refractivity contribution in [1.82, 2.24) is 14.9 Å². The molecule has 0 radical (unpaired) electrons. The smallest absolute Gasteiger partial charge is 0.417 e. The largest absolute Gasteiger partial charge is 0.439 e. The first-order valence-corrected chi connectivity index (χ1v) is 9.66. The van der Waals surface area contributed by atoms with E-state index in [1.807, 2.05) is 11.0 Å². The number of nitrogens with zero attached hydrogens (tertiary/aromatic N) is 4. The van der Waals surface area contributed by atoms with Crippen LogP contribution >= 0.6 is 0 Å². The summed E-state index contributed by atoms with van der Waals surface area (Å²) < 4.78 is 43.8. The molecule has 1 aliphatic rings. The summed E-state index contributed by atoms with van der Waals surface area (Å²) in [5, 5.41) is 0. The third-order valence-corrected chi connectivity index (χ3v) is 4.91. The second kappa shape index (κ2) is 8.63. The lowest BCUT2D eigenvalue weighted by molar-refractivity contribution is -0.137. The summed E-state index contributed by atoms with van der Waals surface area (Å²) in [6.07, 6.45) is -1.96. The first kappa shape index (κ1) is 20.6. The van der Waals surface area contributed by atoms with Gasteiger partial charge in [-0.3, -0.25) is 4.79 Å². The summed E-state index contributed by atoms with van der Waals surface area (Å²) >= 11 is 0. The van der Waals surface area contributed by atoms with Crippen molar-refractivity contribution in [1.29, 1.82) is 0 Å². The summed E-state index contributed by atoms with van der Waals surface area (Å²) in [5.74, 6) is 1.28. The van der Waals surface area contributed by atoms with Crippen LogP contribution in [0.25, 0.3) is 0 Å². The quantitative estimate of drug-likeness (QED) is 0.622. The van der Waals surface area contributed by atoms with Gasteiger partial charge < -0.3 is 14.5 Å². The molecule has 1 saturated heterocycles. The Morgan fingerprint density at radius 1 is 0.935 bits per heavy atom. The van der Waals surface area contributed by atoms with Crippen molar-refractivity contribution in [2.45, 2.75) is 6.18 Å². The zero-order valence-electron chi connectivity index (χ0n) is 16.4. The number of benzene rings is 1. The summed E-state index contributed by atoms with van der Waals surface area (Å²) in [6, 6.07) is 14.6. The molecule has 2 aromatic heterocycles. The molecule has 0 saturated carbocycles. The highest BCUT2D eigenvalue weighted by molar-refractivity contribution is 5.94. The van der Waals surface area contributed by atoms with Crippen LogP contribution in [0.15, 0.2) is 67.0 Å². The number of carbonyl (C=O) groups is 1. The van der Waals surface area contributed by atoms with Gasteiger partial charge in [-0.25, -0.2) is 9.97 Å². The van der Waals surface area contributed by atoms with E-state index in [1.165, 1.54) is 6.07 Å². The molecule has 1 fully saturated rings. The second-order valence-corrected chi connectivity index (χ2v) is 6.98. The molecule has 9 heteroatoms. The van der Waals surface area contributed by atoms with Crippen LogP contribution in [-0.2, 0) is 6.18 Å². The predicted octanol–water partition coefficient (Wildman–Crippen LogP) is 4.25. The Hall–Kier alpha value is -3.62. The van der Waals surface area contributed by atoms with Gasteiger partial charge in [-0.05, 0) is 36.4 Å². The van der Waals surface area contributed by atoms with Gasteiger partial charge in [0.25, 0.3) is 5.91 Å². The van der Waals surface area contributed by atoms with E-state index in [0.29, 0.717) is 49.2 Å². The standard InChI is InChI=1S/C22H19F3N4O2/c23-22(24,25)17-7-8-19(27-15-17)28-10-12-29(13-11-28)21(30)16-4-3-5-18(14-16)31-20-6-1-2-9-26-20/h1-9,14-15H,10-13H2. The van der Waals surface area contributed by atoms with Crippen LogP contribution in [0.4, 0.5) is 19.0 Å². The third kappa shape index (κ3) is 4.93. The van der Waals surface area contributed by atoms with Crippen LogP contribution < -0.4 is 9.64 Å². The minimum atomic E-state index is -4.41. The van der Waals surface area contributed by atoms with Crippen molar-refractivity contribution >= 4 is 11.7 Å². The predicted molar refractivity (Wildman–Crippen MR) is 108 cm³/mol. The number of hydrogen-bond donors (Lipinski definition) is 0. The normalized spacial score (nSPS) is 14.4. The minimum Gasteiger partial charge on any atom is -0.439 e. The maximum absolute atomic E-state index is 12.9. The Balaban J connectivity index is 1.38. The highest BCUT2D eigenvalue weighted by atomic mass is 19.4. The van der Waals surface area contributed by atoms with E-state index in [1.54, 1.807) is 47.5 Å². The molecule has 0 aliphatic carbocycles. The fourth-order valence-electron chi connectivity index (χ4n) is 3.28. The lowest BCUT2D eigenvalue weighted by Crippen LogP contribution is -2.49. The van der Waals surface area contributed by atoms with Crippen LogP contribution in [0.5, 0.6) is 11.6 Å². The molecule has 1 aromatic carbocycles. The zero-order chi connectivity index (χ0) is 21.8. The van der Waals surface area contributed by atoms with Crippen molar-refractivity contribution in [3.63, 3.8) is 0 Å². The summed E-state index contributed by atoms with van der Waals surface area (Å²) in [7, 11) is 0. The Morgan fingerprint density at radius 2 is 1.74 bits per heavy atom. The van der Waals surface area contributed by atoms with Crippen molar-refractivity contribution in [3.05, 3.63) is 78.1 Å². The molecular formula is C22H19F3N4O2. The van der Waals surface area contributed by atoms with Gasteiger partial charge in [0.1, 0.15) is 11.6 Å². The van der Waals surface area contributed by atoms with Crippen LogP contribution in [0, 0.1) is 0 Å². The van der Waals surface area contributed by atoms with Gasteiger partial charge >= 0.3 is 6.18 Å². The molecule has 1 aliphatic heterocycles. The lowest BCUT2D eigenvalue weighted by atomic mass is 10.1. The number of amides is 1. The molecule has 3 aromatic rings. The molecule has 1 amide bonds. The van der Waals surface area contributed by atoms with E-state index in [2.05, 4.69) is 9.97 Å². The van der Waals surface area contributed by atoms with Gasteiger partial charge in [0.15, 0.2) is 0 Å². The van der Waals surface area contributed by atoms with Crippen molar-refractivity contribution in [2.75, 3.05) is 31.1 Å². The summed E-state index contributed by atoms with van der Waals surface area (Å²) in [6.45, 7) is 1.84. The molecule has 0 atom stereocenters. The molecule has 31 heavy (non-hydrogen) atoms. The van der Waals surface area contributed by atoms with E-state index >= 15 is 0 Å². The number of halogens is 3. The Morgan fingerprint density at radius 3 is 2.39 bits per heavy atom. The topological polar surface area (TPSA) is 58.6 Å². The second-order valence-electron chi connectivity index (χ2n) is 6.98. The van der Waals surface area contributed by atoms with Gasteiger partial charge in [0.2, 0.25) is 5.88 Å². The summed E-state index contributed by atoms with van der Waals surface area (Å²) in [4.78, 5) is 24.5. The molecule has 160 valence electrons. The first-order chi connectivity index (χ1) is 14.9. The van der Waals surface area contributed by atoms with Gasteiger partial charge in [-0.1, -0.05) is 12.1 Å². The van der Waals surface area contributed by atoms with Crippen molar-refractivity contribution in [3.8, 4) is 11.6 Å². The van der Waals surface area contributed by atoms with Gasteiger partial charge in [-0.2, -0.15) is 13.2 Å². The minimum absolute atomic E-state index is 0.133. The van der Waals surface area contributed by atoms with E-state index in [-0.39, 0.29) is 5.91 Å². The number of rotatable bonds is 4. The fraction of sp³-hybridized carbons (Fsp3) is 0.227. The summed E-state index contributed by atoms with van der Waals surface area (Å²) in [5.41, 5.74) is -0.285. The highest BCUT2D eigenvalue weighted by Gasteiger charge is 2.31. The fourth-order valence-corrected chi connectivity index (χ4v) is 3.28. The van der Waals surface area contributed by atoms with Gasteiger partial charge in [0.05, 0.1) is 5.56 Å². The SMILES string of the molecule is O=C(c1cccc(Oc2ccccn2)c1)N1CCN(c2ccc(C(F)(F)F)cn2)CC1. The maximum atomic E-state index is 12.9. The Kier molecular flexibility index (Phi) is 5.75. The van der Waals surface area contributed by atoms with Crippen LogP contribution in [0.2, 0.25) is 0 Å². The Labute approximate surface area is 176 Å². The monoisotopic (exact) mass is 428 g/mol. The number of pyridine rings is 2. The number of anilines is 1. The molecule has 0 spiro atoms.